The van der Waals surface area contributed by atoms with E-state index in [1.165, 1.54) is 0 Å². The summed E-state index contributed by atoms with van der Waals surface area (Å²) < 4.78 is 0. The number of carbonyl (C=O) groups excluding carboxylic acids is 2. The summed E-state index contributed by atoms with van der Waals surface area (Å²) in [5.41, 5.74) is 0. The molecule has 0 aliphatic carbocycles. The molecule has 1 aliphatic rings. The average Bonchev–Trinajstić information content (AvgIpc) is 2.53. The molecule has 0 bridgehead atoms. The molecule has 98 valence electrons. The van der Waals surface area contributed by atoms with Gasteiger partial charge in [0.15, 0.2) is 0 Å². The van der Waals surface area contributed by atoms with Gasteiger partial charge in [0.05, 0.1) is 6.61 Å². The van der Waals surface area contributed by atoms with Crippen molar-refractivity contribution in [3.05, 3.63) is 0 Å². The number of hydroxylamine groups is 2. The van der Waals surface area contributed by atoms with E-state index in [0.29, 0.717) is 24.4 Å². The van der Waals surface area contributed by atoms with E-state index in [1.54, 1.807) is 0 Å². The fourth-order valence-corrected chi connectivity index (χ4v) is 2.01. The summed E-state index contributed by atoms with van der Waals surface area (Å²) in [6, 6.07) is 0. The fourth-order valence-electron chi connectivity index (χ4n) is 2.01. The summed E-state index contributed by atoms with van der Waals surface area (Å²) in [4.78, 5) is 28.1. The molecule has 4 nitrogen and oxygen atoms in total. The van der Waals surface area contributed by atoms with Gasteiger partial charge in [-0.2, -0.15) is 5.06 Å². The smallest absolute Gasteiger partial charge is 0.253 e. The maximum Gasteiger partial charge on any atom is 0.253 e. The quantitative estimate of drug-likeness (QED) is 0.671. The lowest BCUT2D eigenvalue weighted by atomic mass is 9.88. The van der Waals surface area contributed by atoms with Gasteiger partial charge in [0.25, 0.3) is 11.8 Å². The number of hydrogen-bond acceptors (Lipinski definition) is 3. The minimum Gasteiger partial charge on any atom is -0.272 e. The number of amides is 2. The molecule has 1 unspecified atom stereocenters. The largest absolute Gasteiger partial charge is 0.272 e. The van der Waals surface area contributed by atoms with Crippen molar-refractivity contribution in [2.24, 2.45) is 17.8 Å². The Balaban J connectivity index is 2.46. The number of rotatable bonds is 6. The van der Waals surface area contributed by atoms with Crippen LogP contribution in [-0.4, -0.2) is 23.5 Å². The van der Waals surface area contributed by atoms with E-state index in [-0.39, 0.29) is 24.7 Å². The van der Waals surface area contributed by atoms with Crippen molar-refractivity contribution in [1.82, 2.24) is 5.06 Å². The molecule has 1 rings (SSSR count). The van der Waals surface area contributed by atoms with Crippen LogP contribution in [0.25, 0.3) is 0 Å². The van der Waals surface area contributed by atoms with Crippen molar-refractivity contribution < 1.29 is 14.4 Å². The highest BCUT2D eigenvalue weighted by Gasteiger charge is 2.31. The van der Waals surface area contributed by atoms with Gasteiger partial charge in [-0.15, -0.1) is 0 Å². The first-order valence-corrected chi connectivity index (χ1v) is 6.40. The first-order chi connectivity index (χ1) is 7.91. The van der Waals surface area contributed by atoms with E-state index >= 15 is 0 Å². The molecule has 0 aromatic rings. The third kappa shape index (κ3) is 4.11. The highest BCUT2D eigenvalue weighted by molar-refractivity contribution is 6.00. The Morgan fingerprint density at radius 1 is 1.12 bits per heavy atom. The van der Waals surface area contributed by atoms with Crippen molar-refractivity contribution in [2.45, 2.75) is 47.0 Å². The standard InChI is InChI=1S/C13H23NO3/c1-9(2)7-11(10(3)4)8-17-14-12(15)5-6-13(14)16/h9-11H,5-8H2,1-4H3. The maximum absolute atomic E-state index is 11.4. The second-order valence-electron chi connectivity index (χ2n) is 5.51. The number of imide groups is 1. The van der Waals surface area contributed by atoms with Gasteiger partial charge in [0.1, 0.15) is 0 Å². The highest BCUT2D eigenvalue weighted by Crippen LogP contribution is 2.22. The van der Waals surface area contributed by atoms with Crippen LogP contribution in [0.5, 0.6) is 0 Å². The van der Waals surface area contributed by atoms with Crippen LogP contribution in [0.4, 0.5) is 0 Å². The molecule has 0 aromatic heterocycles. The van der Waals surface area contributed by atoms with E-state index in [4.69, 9.17) is 4.84 Å². The summed E-state index contributed by atoms with van der Waals surface area (Å²) in [7, 11) is 0. The molecule has 1 aliphatic heterocycles. The van der Waals surface area contributed by atoms with E-state index < -0.39 is 0 Å². The van der Waals surface area contributed by atoms with Gasteiger partial charge in [0, 0.05) is 12.8 Å². The summed E-state index contributed by atoms with van der Waals surface area (Å²) in [5, 5.41) is 0.954. The Bertz CT molecular complexity index is 270. The molecule has 0 radical (unpaired) electrons. The van der Waals surface area contributed by atoms with E-state index in [2.05, 4.69) is 27.7 Å². The molecule has 2 amide bonds. The third-order valence-corrected chi connectivity index (χ3v) is 3.14. The van der Waals surface area contributed by atoms with Crippen LogP contribution in [0.15, 0.2) is 0 Å². The van der Waals surface area contributed by atoms with Crippen LogP contribution >= 0.6 is 0 Å². The van der Waals surface area contributed by atoms with Gasteiger partial charge < -0.3 is 0 Å². The Morgan fingerprint density at radius 2 is 1.65 bits per heavy atom. The summed E-state index contributed by atoms with van der Waals surface area (Å²) >= 11 is 0. The van der Waals surface area contributed by atoms with Gasteiger partial charge in [-0.05, 0) is 24.2 Å². The molecule has 0 saturated carbocycles. The Morgan fingerprint density at radius 3 is 2.06 bits per heavy atom. The monoisotopic (exact) mass is 241 g/mol. The minimum absolute atomic E-state index is 0.206. The number of hydrogen-bond donors (Lipinski definition) is 0. The topological polar surface area (TPSA) is 46.6 Å². The highest BCUT2D eigenvalue weighted by atomic mass is 16.7. The zero-order valence-electron chi connectivity index (χ0n) is 11.2. The van der Waals surface area contributed by atoms with Crippen LogP contribution in [0, 0.1) is 17.8 Å². The van der Waals surface area contributed by atoms with Crippen LogP contribution < -0.4 is 0 Å². The van der Waals surface area contributed by atoms with Crippen LogP contribution in [-0.2, 0) is 14.4 Å². The van der Waals surface area contributed by atoms with Crippen molar-refractivity contribution in [3.8, 4) is 0 Å². The molecule has 0 aromatic carbocycles. The molecule has 0 spiro atoms. The van der Waals surface area contributed by atoms with E-state index in [0.717, 1.165) is 11.5 Å². The van der Waals surface area contributed by atoms with Crippen LogP contribution in [0.1, 0.15) is 47.0 Å². The van der Waals surface area contributed by atoms with Gasteiger partial charge in [-0.3, -0.25) is 14.4 Å². The Labute approximate surface area is 103 Å². The molecular formula is C13H23NO3. The SMILES string of the molecule is CC(C)CC(CON1C(=O)CCC1=O)C(C)C. The summed E-state index contributed by atoms with van der Waals surface area (Å²) in [5.74, 6) is 1.06. The maximum atomic E-state index is 11.4. The second-order valence-corrected chi connectivity index (χ2v) is 5.51. The number of carbonyl (C=O) groups is 2. The van der Waals surface area contributed by atoms with Crippen molar-refractivity contribution in [1.29, 1.82) is 0 Å². The normalized spacial score (nSPS) is 18.6. The second kappa shape index (κ2) is 6.15. The molecular weight excluding hydrogens is 218 g/mol. The molecule has 17 heavy (non-hydrogen) atoms. The zero-order chi connectivity index (χ0) is 13.0. The predicted octanol–water partition coefficient (Wildman–Crippen LogP) is 2.39. The summed E-state index contributed by atoms with van der Waals surface area (Å²) in [6.07, 6.45) is 1.62. The van der Waals surface area contributed by atoms with Crippen molar-refractivity contribution in [2.75, 3.05) is 6.61 Å². The lowest BCUT2D eigenvalue weighted by Gasteiger charge is -2.24. The first-order valence-electron chi connectivity index (χ1n) is 6.40. The van der Waals surface area contributed by atoms with Gasteiger partial charge in [-0.25, -0.2) is 0 Å². The lowest BCUT2D eigenvalue weighted by Crippen LogP contribution is -2.32. The predicted molar refractivity (Wildman–Crippen MR) is 64.8 cm³/mol. The van der Waals surface area contributed by atoms with Gasteiger partial charge in [0.2, 0.25) is 0 Å². The van der Waals surface area contributed by atoms with Crippen molar-refractivity contribution >= 4 is 11.8 Å². The molecule has 1 atom stereocenters. The Kier molecular flexibility index (Phi) is 5.12. The number of nitrogens with zero attached hydrogens (tertiary/aromatic N) is 1. The fraction of sp³-hybridized carbons (Fsp3) is 0.846. The Hall–Kier alpha value is -0.900. The van der Waals surface area contributed by atoms with E-state index in [9.17, 15) is 9.59 Å². The van der Waals surface area contributed by atoms with Gasteiger partial charge in [-0.1, -0.05) is 27.7 Å². The zero-order valence-corrected chi connectivity index (χ0v) is 11.2. The minimum atomic E-state index is -0.206. The molecule has 1 fully saturated rings. The molecule has 1 saturated heterocycles. The first kappa shape index (κ1) is 14.2. The molecule has 1 heterocycles. The van der Waals surface area contributed by atoms with Crippen molar-refractivity contribution in [3.63, 3.8) is 0 Å². The van der Waals surface area contributed by atoms with Gasteiger partial charge >= 0.3 is 0 Å². The van der Waals surface area contributed by atoms with Crippen LogP contribution in [0.2, 0.25) is 0 Å². The molecule has 4 heteroatoms. The van der Waals surface area contributed by atoms with Crippen LogP contribution in [0.3, 0.4) is 0 Å². The average molecular weight is 241 g/mol. The lowest BCUT2D eigenvalue weighted by molar-refractivity contribution is -0.192. The third-order valence-electron chi connectivity index (χ3n) is 3.14. The summed E-state index contributed by atoms with van der Waals surface area (Å²) in [6.45, 7) is 9.07. The van der Waals surface area contributed by atoms with E-state index in [1.807, 2.05) is 0 Å². The molecule has 0 N–H and O–H groups in total.